The van der Waals surface area contributed by atoms with Gasteiger partial charge in [-0.3, -0.25) is 14.7 Å². The Balaban J connectivity index is 1.24. The summed E-state index contributed by atoms with van der Waals surface area (Å²) in [5.41, 5.74) is 10.5. The molecule has 200 valence electrons. The molecule has 3 aliphatic rings. The Morgan fingerprint density at radius 1 is 1.03 bits per heavy atom. The number of anilines is 1. The zero-order valence-corrected chi connectivity index (χ0v) is 21.7. The normalized spacial score (nSPS) is 25.7. The smallest absolute Gasteiger partial charge is 0.338 e. The van der Waals surface area contributed by atoms with E-state index in [1.807, 2.05) is 0 Å². The van der Waals surface area contributed by atoms with E-state index in [2.05, 4.69) is 15.2 Å². The summed E-state index contributed by atoms with van der Waals surface area (Å²) in [5, 5.41) is 2.73. The molecule has 1 saturated carbocycles. The van der Waals surface area contributed by atoms with Crippen LogP contribution in [0.5, 0.6) is 0 Å². The fourth-order valence-corrected chi connectivity index (χ4v) is 5.71. The standard InChI is InChI=1S/C25H42N8O3/c1-25(2,27)22(34)31-11-13-32(14-12-31)23(35)28-21-8-10-33(24(36)29-21)20-5-3-18(4-6-20)16-30-9-7-19(15-26)17-30/h8,10,18-20H,3-7,9,11-17,26-27H2,1-2H3,(H,28,29,35,36). The monoisotopic (exact) mass is 502 g/mol. The van der Waals surface area contributed by atoms with Crippen molar-refractivity contribution in [2.24, 2.45) is 23.3 Å². The first-order valence-electron chi connectivity index (χ1n) is 13.3. The van der Waals surface area contributed by atoms with Crippen LogP contribution in [0.25, 0.3) is 0 Å². The van der Waals surface area contributed by atoms with Crippen molar-refractivity contribution in [3.63, 3.8) is 0 Å². The van der Waals surface area contributed by atoms with Gasteiger partial charge in [-0.2, -0.15) is 4.98 Å². The highest BCUT2D eigenvalue weighted by Gasteiger charge is 2.32. The number of piperazine rings is 1. The molecular formula is C25H42N8O3. The second-order valence-electron chi connectivity index (χ2n) is 11.3. The quantitative estimate of drug-likeness (QED) is 0.519. The van der Waals surface area contributed by atoms with Gasteiger partial charge in [0, 0.05) is 51.5 Å². The molecule has 3 fully saturated rings. The van der Waals surface area contributed by atoms with Gasteiger partial charge < -0.3 is 26.2 Å². The second-order valence-corrected chi connectivity index (χ2v) is 11.3. The van der Waals surface area contributed by atoms with E-state index < -0.39 is 5.54 Å². The van der Waals surface area contributed by atoms with Gasteiger partial charge in [-0.15, -0.1) is 0 Å². The van der Waals surface area contributed by atoms with Crippen molar-refractivity contribution in [1.82, 2.24) is 24.3 Å². The average Bonchev–Trinajstić information content (AvgIpc) is 3.31. The first-order chi connectivity index (χ1) is 17.1. The zero-order chi connectivity index (χ0) is 25.9. The Morgan fingerprint density at radius 3 is 2.28 bits per heavy atom. The van der Waals surface area contributed by atoms with Crippen LogP contribution in [0.4, 0.5) is 10.6 Å². The lowest BCUT2D eigenvalue weighted by Crippen LogP contribution is -2.58. The molecular weight excluding hydrogens is 460 g/mol. The van der Waals surface area contributed by atoms with Gasteiger partial charge in [0.15, 0.2) is 0 Å². The highest BCUT2D eigenvalue weighted by molar-refractivity contribution is 5.89. The summed E-state index contributed by atoms with van der Waals surface area (Å²) in [6.45, 7) is 9.20. The predicted octanol–water partition coefficient (Wildman–Crippen LogP) is 0.669. The van der Waals surface area contributed by atoms with Crippen LogP contribution in [0, 0.1) is 11.8 Å². The number of rotatable bonds is 6. The third kappa shape index (κ3) is 6.43. The molecule has 0 spiro atoms. The lowest BCUT2D eigenvalue weighted by Gasteiger charge is -2.37. The van der Waals surface area contributed by atoms with Crippen molar-refractivity contribution in [3.05, 3.63) is 22.7 Å². The number of hydrogen-bond donors (Lipinski definition) is 3. The van der Waals surface area contributed by atoms with Gasteiger partial charge >= 0.3 is 11.7 Å². The molecule has 11 heteroatoms. The minimum Gasteiger partial charge on any atom is -0.338 e. The van der Waals surface area contributed by atoms with Crippen LogP contribution in [-0.2, 0) is 4.79 Å². The summed E-state index contributed by atoms with van der Waals surface area (Å²) < 4.78 is 1.71. The number of carbonyl (C=O) groups excluding carboxylic acids is 2. The maximum absolute atomic E-state index is 12.7. The molecule has 36 heavy (non-hydrogen) atoms. The molecule has 2 aliphatic heterocycles. The van der Waals surface area contributed by atoms with Crippen molar-refractivity contribution < 1.29 is 9.59 Å². The van der Waals surface area contributed by atoms with Crippen LogP contribution in [0.2, 0.25) is 0 Å². The van der Waals surface area contributed by atoms with Crippen molar-refractivity contribution in [1.29, 1.82) is 0 Å². The molecule has 4 rings (SSSR count). The molecule has 1 unspecified atom stereocenters. The SMILES string of the molecule is CC(C)(N)C(=O)N1CCN(C(=O)Nc2ccn(C3CCC(CN4CCC(CN)C4)CC3)c(=O)n2)CC1. The predicted molar refractivity (Wildman–Crippen MR) is 139 cm³/mol. The molecule has 0 aromatic carbocycles. The highest BCUT2D eigenvalue weighted by Crippen LogP contribution is 2.32. The Hall–Kier alpha value is -2.50. The van der Waals surface area contributed by atoms with E-state index in [0.29, 0.717) is 38.0 Å². The highest BCUT2D eigenvalue weighted by atomic mass is 16.2. The first kappa shape index (κ1) is 26.6. The summed E-state index contributed by atoms with van der Waals surface area (Å²) in [5.74, 6) is 1.44. The molecule has 1 aliphatic carbocycles. The molecule has 1 atom stereocenters. The van der Waals surface area contributed by atoms with E-state index in [1.54, 1.807) is 40.5 Å². The van der Waals surface area contributed by atoms with E-state index in [0.717, 1.165) is 51.9 Å². The molecule has 2 saturated heterocycles. The molecule has 0 radical (unpaired) electrons. The summed E-state index contributed by atoms with van der Waals surface area (Å²) in [4.78, 5) is 47.7. The minimum atomic E-state index is -0.931. The largest absolute Gasteiger partial charge is 0.349 e. The molecule has 5 N–H and O–H groups in total. The number of nitrogens with one attached hydrogen (secondary N) is 1. The Labute approximate surface area is 213 Å². The number of hydrogen-bond acceptors (Lipinski definition) is 7. The van der Waals surface area contributed by atoms with Crippen molar-refractivity contribution in [2.45, 2.75) is 57.5 Å². The lowest BCUT2D eigenvalue weighted by molar-refractivity contribution is -0.137. The topological polar surface area (TPSA) is 143 Å². The molecule has 3 heterocycles. The summed E-state index contributed by atoms with van der Waals surface area (Å²) in [6, 6.07) is 1.52. The number of amides is 3. The van der Waals surface area contributed by atoms with Crippen molar-refractivity contribution in [3.8, 4) is 0 Å². The maximum Gasteiger partial charge on any atom is 0.349 e. The lowest BCUT2D eigenvalue weighted by atomic mass is 9.85. The van der Waals surface area contributed by atoms with Gasteiger partial charge in [0.25, 0.3) is 0 Å². The number of carbonyl (C=O) groups is 2. The van der Waals surface area contributed by atoms with E-state index >= 15 is 0 Å². The fourth-order valence-electron chi connectivity index (χ4n) is 5.71. The van der Waals surface area contributed by atoms with Crippen LogP contribution < -0.4 is 22.5 Å². The van der Waals surface area contributed by atoms with Gasteiger partial charge in [0.1, 0.15) is 5.82 Å². The van der Waals surface area contributed by atoms with Gasteiger partial charge in [0.05, 0.1) is 5.54 Å². The van der Waals surface area contributed by atoms with Gasteiger partial charge in [-0.1, -0.05) is 0 Å². The molecule has 11 nitrogen and oxygen atoms in total. The Bertz CT molecular complexity index is 974. The summed E-state index contributed by atoms with van der Waals surface area (Å²) >= 11 is 0. The van der Waals surface area contributed by atoms with E-state index in [-0.39, 0.29) is 29.5 Å². The first-order valence-corrected chi connectivity index (χ1v) is 13.3. The second kappa shape index (κ2) is 11.3. The summed E-state index contributed by atoms with van der Waals surface area (Å²) in [7, 11) is 0. The molecule has 1 aromatic rings. The van der Waals surface area contributed by atoms with Crippen LogP contribution in [-0.4, -0.2) is 94.1 Å². The van der Waals surface area contributed by atoms with Gasteiger partial charge in [0.2, 0.25) is 5.91 Å². The van der Waals surface area contributed by atoms with Crippen LogP contribution >= 0.6 is 0 Å². The number of nitrogens with two attached hydrogens (primary N) is 2. The van der Waals surface area contributed by atoms with E-state index in [9.17, 15) is 14.4 Å². The fraction of sp³-hybridized carbons (Fsp3) is 0.760. The van der Waals surface area contributed by atoms with Crippen LogP contribution in [0.15, 0.2) is 17.1 Å². The Morgan fingerprint density at radius 2 is 1.69 bits per heavy atom. The zero-order valence-electron chi connectivity index (χ0n) is 21.7. The average molecular weight is 503 g/mol. The van der Waals surface area contributed by atoms with Crippen molar-refractivity contribution >= 4 is 17.8 Å². The van der Waals surface area contributed by atoms with Gasteiger partial charge in [-0.25, -0.2) is 9.59 Å². The van der Waals surface area contributed by atoms with Crippen LogP contribution in [0.3, 0.4) is 0 Å². The minimum absolute atomic E-state index is 0.127. The molecule has 3 amide bonds. The van der Waals surface area contributed by atoms with Crippen LogP contribution in [0.1, 0.15) is 52.0 Å². The number of aromatic nitrogens is 2. The molecule has 0 bridgehead atoms. The molecule has 1 aromatic heterocycles. The van der Waals surface area contributed by atoms with Gasteiger partial charge in [-0.05, 0) is 76.9 Å². The van der Waals surface area contributed by atoms with Crippen molar-refractivity contribution in [2.75, 3.05) is 57.7 Å². The number of likely N-dealkylation sites (tertiary alicyclic amines) is 1. The van der Waals surface area contributed by atoms with E-state index in [4.69, 9.17) is 11.5 Å². The number of nitrogens with zero attached hydrogens (tertiary/aromatic N) is 5. The summed E-state index contributed by atoms with van der Waals surface area (Å²) in [6.07, 6.45) is 7.11. The number of urea groups is 1. The van der Waals surface area contributed by atoms with E-state index in [1.165, 1.54) is 6.42 Å². The maximum atomic E-state index is 12.7. The third-order valence-electron chi connectivity index (χ3n) is 7.90. The third-order valence-corrected chi connectivity index (χ3v) is 7.90. The Kier molecular flexibility index (Phi) is 8.31.